The van der Waals surface area contributed by atoms with Crippen molar-refractivity contribution in [2.45, 2.75) is 6.42 Å². The van der Waals surface area contributed by atoms with E-state index in [1.807, 2.05) is 18.2 Å². The summed E-state index contributed by atoms with van der Waals surface area (Å²) in [6.07, 6.45) is 13.0. The molecule has 8 rings (SSSR count). The summed E-state index contributed by atoms with van der Waals surface area (Å²) in [6, 6.07) is 29.4. The second kappa shape index (κ2) is 9.31. The fourth-order valence-electron chi connectivity index (χ4n) is 6.06. The van der Waals surface area contributed by atoms with Gasteiger partial charge in [-0.1, -0.05) is 115 Å². The fraction of sp³-hybridized carbons (Fsp3) is 0.0270. The van der Waals surface area contributed by atoms with Crippen LogP contribution in [0.2, 0.25) is 0 Å². The van der Waals surface area contributed by atoms with Crippen LogP contribution < -0.4 is 20.1 Å². The lowest BCUT2D eigenvalue weighted by Crippen LogP contribution is -2.30. The van der Waals surface area contributed by atoms with Crippen LogP contribution in [0.1, 0.15) is 6.42 Å². The molecule has 1 aliphatic carbocycles. The Morgan fingerprint density at radius 2 is 1.51 bits per heavy atom. The van der Waals surface area contributed by atoms with Gasteiger partial charge in [0.2, 0.25) is 0 Å². The Balaban J connectivity index is 1.46. The Kier molecular flexibility index (Phi) is 5.53. The number of allylic oxidation sites excluding steroid dienone is 8. The van der Waals surface area contributed by atoms with Gasteiger partial charge < -0.3 is 9.47 Å². The monoisotopic (exact) mass is 564 g/mol. The van der Waals surface area contributed by atoms with E-state index in [4.69, 9.17) is 21.3 Å². The highest BCUT2D eigenvalue weighted by Gasteiger charge is 2.44. The van der Waals surface area contributed by atoms with Gasteiger partial charge >= 0.3 is 0 Å². The Bertz CT molecular complexity index is 2130. The zero-order valence-electron chi connectivity index (χ0n) is 22.2. The van der Waals surface area contributed by atoms with E-state index in [0.717, 1.165) is 66.4 Å². The molecule has 0 amide bonds. The second-order valence-electron chi connectivity index (χ2n) is 10.5. The molecule has 0 aromatic heterocycles. The first-order valence-electron chi connectivity index (χ1n) is 13.7. The number of hydrogen-bond acceptors (Lipinski definition) is 3. The van der Waals surface area contributed by atoms with Crippen molar-refractivity contribution in [3.8, 4) is 28.4 Å². The predicted octanol–water partition coefficient (Wildman–Crippen LogP) is 9.43. The predicted molar refractivity (Wildman–Crippen MR) is 176 cm³/mol. The summed E-state index contributed by atoms with van der Waals surface area (Å²) >= 11 is 6.94. The molecular formula is C37H25O2PS. The Morgan fingerprint density at radius 3 is 2.41 bits per heavy atom. The summed E-state index contributed by atoms with van der Waals surface area (Å²) in [6.45, 7) is 4.22. The second-order valence-corrected chi connectivity index (χ2v) is 14.8. The molecule has 5 aromatic rings. The largest absolute Gasteiger partial charge is 0.460 e. The van der Waals surface area contributed by atoms with Gasteiger partial charge in [-0.25, -0.2) is 0 Å². The molecule has 0 saturated carbocycles. The maximum Gasteiger partial charge on any atom is 0.148 e. The van der Waals surface area contributed by atoms with Crippen molar-refractivity contribution < 1.29 is 9.47 Å². The van der Waals surface area contributed by atoms with Gasteiger partial charge in [-0.3, -0.25) is 0 Å². The molecule has 5 aromatic carbocycles. The lowest BCUT2D eigenvalue weighted by molar-refractivity contribution is 0.410. The van der Waals surface area contributed by atoms with Crippen LogP contribution in [-0.4, -0.2) is 0 Å². The lowest BCUT2D eigenvalue weighted by Gasteiger charge is -2.39. The SMILES string of the molecule is C=C1/C=C\C=C/CC2=C(/C=C\1)P1(=S)c3ccc4ccccc4c3Oc3c(-c4ccc5ccccc5c4)ccc(c31)O2. The molecule has 0 saturated heterocycles. The Morgan fingerprint density at radius 1 is 0.707 bits per heavy atom. The topological polar surface area (TPSA) is 18.5 Å². The highest BCUT2D eigenvalue weighted by molar-refractivity contribution is 8.24. The van der Waals surface area contributed by atoms with Crippen molar-refractivity contribution in [2.75, 3.05) is 0 Å². The number of fused-ring (bicyclic) bond motifs is 6. The zero-order chi connectivity index (χ0) is 27.6. The summed E-state index contributed by atoms with van der Waals surface area (Å²) < 4.78 is 13.7. The number of hydrogen-bond donors (Lipinski definition) is 0. The minimum Gasteiger partial charge on any atom is -0.460 e. The smallest absolute Gasteiger partial charge is 0.148 e. The number of benzene rings is 5. The average molecular weight is 565 g/mol. The molecular weight excluding hydrogens is 539 g/mol. The molecule has 2 heterocycles. The molecule has 1 atom stereocenters. The summed E-state index contributed by atoms with van der Waals surface area (Å²) in [5.74, 6) is 3.34. The molecule has 2 nitrogen and oxygen atoms in total. The van der Waals surface area contributed by atoms with Gasteiger partial charge in [0, 0.05) is 28.0 Å². The van der Waals surface area contributed by atoms with Crippen molar-refractivity contribution in [1.82, 2.24) is 0 Å². The van der Waals surface area contributed by atoms with E-state index in [1.54, 1.807) is 0 Å². The van der Waals surface area contributed by atoms with Gasteiger partial charge in [0.05, 0.1) is 11.3 Å². The third kappa shape index (κ3) is 3.74. The summed E-state index contributed by atoms with van der Waals surface area (Å²) in [5, 5.41) is 7.70. The Hall–Kier alpha value is -4.43. The van der Waals surface area contributed by atoms with Gasteiger partial charge in [-0.15, -0.1) is 0 Å². The van der Waals surface area contributed by atoms with E-state index in [9.17, 15) is 0 Å². The first-order valence-corrected chi connectivity index (χ1v) is 16.5. The highest BCUT2D eigenvalue weighted by Crippen LogP contribution is 2.66. The summed E-state index contributed by atoms with van der Waals surface area (Å²) in [4.78, 5) is 0. The maximum atomic E-state index is 6.99. The summed E-state index contributed by atoms with van der Waals surface area (Å²) in [5.41, 5.74) is 3.02. The maximum absolute atomic E-state index is 6.99. The van der Waals surface area contributed by atoms with E-state index in [-0.39, 0.29) is 0 Å². The molecule has 3 aliphatic rings. The van der Waals surface area contributed by atoms with Gasteiger partial charge in [0.25, 0.3) is 0 Å². The van der Waals surface area contributed by atoms with E-state index in [0.29, 0.717) is 6.42 Å². The van der Waals surface area contributed by atoms with Crippen molar-refractivity contribution in [2.24, 2.45) is 0 Å². The van der Waals surface area contributed by atoms with Crippen LogP contribution in [0.3, 0.4) is 0 Å². The molecule has 0 fully saturated rings. The molecule has 0 spiro atoms. The van der Waals surface area contributed by atoms with Crippen LogP contribution in [0.25, 0.3) is 32.7 Å². The lowest BCUT2D eigenvalue weighted by atomic mass is 10.00. The molecule has 0 N–H and O–H groups in total. The van der Waals surface area contributed by atoms with Gasteiger partial charge in [-0.05, 0) is 57.6 Å². The van der Waals surface area contributed by atoms with Gasteiger partial charge in [-0.2, -0.15) is 0 Å². The molecule has 41 heavy (non-hydrogen) atoms. The Labute approximate surface area is 244 Å². The van der Waals surface area contributed by atoms with E-state index >= 15 is 0 Å². The van der Waals surface area contributed by atoms with E-state index in [2.05, 4.69) is 116 Å². The third-order valence-corrected chi connectivity index (χ3v) is 12.9. The highest BCUT2D eigenvalue weighted by atomic mass is 32.4. The van der Waals surface area contributed by atoms with Crippen LogP contribution in [0, 0.1) is 0 Å². The fourth-order valence-corrected chi connectivity index (χ4v) is 10.6. The van der Waals surface area contributed by atoms with Gasteiger partial charge in [0.1, 0.15) is 23.0 Å². The molecule has 2 aliphatic heterocycles. The molecule has 196 valence electrons. The number of rotatable bonds is 1. The van der Waals surface area contributed by atoms with E-state index < -0.39 is 6.04 Å². The standard InChI is InChI=1S/C37H25O2PS/c1-24-9-3-2-4-14-31-33(21-15-24)40(41)34-22-18-26-11-7-8-13-29(26)35(34)39-36-30(19-20-32(38-31)37(36)40)28-17-16-25-10-5-6-12-27(25)23-28/h2-13,15-23H,1,14H2/b4-2-,9-3-,21-15-. The number of ether oxygens (including phenoxy) is 2. The summed E-state index contributed by atoms with van der Waals surface area (Å²) in [7, 11) is 0. The van der Waals surface area contributed by atoms with Gasteiger partial charge in [0.15, 0.2) is 0 Å². The van der Waals surface area contributed by atoms with Crippen LogP contribution in [0.15, 0.2) is 151 Å². The minimum absolute atomic E-state index is 0.653. The average Bonchev–Trinajstić information content (AvgIpc) is 3.00. The normalized spacial score (nSPS) is 21.2. The van der Waals surface area contributed by atoms with Crippen molar-refractivity contribution in [1.29, 1.82) is 0 Å². The molecule has 4 heteroatoms. The zero-order valence-corrected chi connectivity index (χ0v) is 23.9. The van der Waals surface area contributed by atoms with Crippen molar-refractivity contribution in [3.05, 3.63) is 151 Å². The van der Waals surface area contributed by atoms with E-state index in [1.165, 1.54) is 10.8 Å². The minimum atomic E-state index is -2.59. The first-order chi connectivity index (χ1) is 20.1. The van der Waals surface area contributed by atoms with Crippen molar-refractivity contribution in [3.63, 3.8) is 0 Å². The third-order valence-electron chi connectivity index (χ3n) is 8.05. The van der Waals surface area contributed by atoms with Crippen LogP contribution in [0.5, 0.6) is 17.2 Å². The van der Waals surface area contributed by atoms with Crippen LogP contribution in [0.4, 0.5) is 0 Å². The first kappa shape index (κ1) is 24.4. The molecule has 1 unspecified atom stereocenters. The quantitative estimate of drug-likeness (QED) is 0.189. The molecule has 0 bridgehead atoms. The van der Waals surface area contributed by atoms with Crippen LogP contribution in [-0.2, 0) is 11.8 Å². The molecule has 0 radical (unpaired) electrons. The van der Waals surface area contributed by atoms with Crippen molar-refractivity contribution >= 4 is 50.0 Å². The van der Waals surface area contributed by atoms with Crippen LogP contribution >= 0.6 is 6.04 Å².